The first-order chi connectivity index (χ1) is 10.6. The van der Waals surface area contributed by atoms with E-state index >= 15 is 0 Å². The van der Waals surface area contributed by atoms with Crippen molar-refractivity contribution in [2.75, 3.05) is 5.32 Å². The molecule has 1 spiro atoms. The first-order valence-electron chi connectivity index (χ1n) is 6.81. The van der Waals surface area contributed by atoms with Crippen molar-refractivity contribution in [3.8, 4) is 0 Å². The summed E-state index contributed by atoms with van der Waals surface area (Å²) >= 11 is 4.96. The van der Waals surface area contributed by atoms with Crippen LogP contribution in [0, 0.1) is 6.92 Å². The number of thioether (sulfide) groups is 1. The monoisotopic (exact) mass is 373 g/mol. The van der Waals surface area contributed by atoms with Crippen LogP contribution in [0.5, 0.6) is 0 Å². The number of carbonyl (C=O) groups excluding carboxylic acids is 1. The molecule has 2 N–H and O–H groups in total. The Morgan fingerprint density at radius 1 is 1.23 bits per heavy atom. The summed E-state index contributed by atoms with van der Waals surface area (Å²) in [5, 5.41) is 8.17. The van der Waals surface area contributed by atoms with E-state index in [0.717, 1.165) is 31.9 Å². The minimum atomic E-state index is -0.869. The number of carbonyl (C=O) groups is 1. The number of nitrogens with one attached hydrogen (secondary N) is 2. The molecule has 0 saturated carbocycles. The van der Waals surface area contributed by atoms with E-state index in [1.54, 1.807) is 0 Å². The topological polar surface area (TPSA) is 53.5 Å². The summed E-state index contributed by atoms with van der Waals surface area (Å²) in [6, 6.07) is 13.9. The molecule has 1 atom stereocenters. The maximum Gasteiger partial charge on any atom is 0.267 e. The molecule has 2 aliphatic rings. The summed E-state index contributed by atoms with van der Waals surface area (Å²) in [6.07, 6.45) is 0. The van der Waals surface area contributed by atoms with Gasteiger partial charge in [0.15, 0.2) is 0 Å². The highest BCUT2D eigenvalue weighted by Gasteiger charge is 2.52. The normalized spacial score (nSPS) is 22.3. The number of hydrogen-bond donors (Lipinski definition) is 2. The zero-order valence-corrected chi connectivity index (χ0v) is 14.1. The van der Waals surface area contributed by atoms with Gasteiger partial charge >= 0.3 is 0 Å². The number of rotatable bonds is 1. The van der Waals surface area contributed by atoms with Crippen LogP contribution >= 0.6 is 27.7 Å². The summed E-state index contributed by atoms with van der Waals surface area (Å²) in [4.78, 5) is 11.7. The van der Waals surface area contributed by atoms with Gasteiger partial charge in [-0.15, -0.1) is 0 Å². The van der Waals surface area contributed by atoms with Gasteiger partial charge in [-0.2, -0.15) is 5.10 Å². The summed E-state index contributed by atoms with van der Waals surface area (Å²) in [6.45, 7) is 2.01. The maximum atomic E-state index is 12.6. The number of halogens is 1. The third-order valence-electron chi connectivity index (χ3n) is 3.83. The van der Waals surface area contributed by atoms with E-state index < -0.39 is 4.87 Å². The fraction of sp³-hybridized carbons (Fsp3) is 0.125. The van der Waals surface area contributed by atoms with Crippen molar-refractivity contribution in [2.45, 2.75) is 11.8 Å². The molecule has 0 fully saturated rings. The molecule has 4 nitrogen and oxygen atoms in total. The van der Waals surface area contributed by atoms with E-state index in [0.29, 0.717) is 0 Å². The molecule has 0 unspecified atom stereocenters. The van der Waals surface area contributed by atoms with Crippen LogP contribution in [-0.2, 0) is 9.67 Å². The third kappa shape index (κ3) is 1.90. The molecular formula is C16H12BrN3OS. The van der Waals surface area contributed by atoms with E-state index in [2.05, 4.69) is 31.8 Å². The van der Waals surface area contributed by atoms with Crippen molar-refractivity contribution in [1.29, 1.82) is 0 Å². The quantitative estimate of drug-likeness (QED) is 0.803. The molecule has 2 aromatic carbocycles. The van der Waals surface area contributed by atoms with E-state index in [4.69, 9.17) is 0 Å². The van der Waals surface area contributed by atoms with Crippen LogP contribution in [0.2, 0.25) is 0 Å². The SMILES string of the molecule is Cc1cc2c(cc1Br)NC(=O)[C@]21NN=C(c2ccccc2)S1. The van der Waals surface area contributed by atoms with Gasteiger partial charge in [-0.05, 0) is 24.6 Å². The van der Waals surface area contributed by atoms with Crippen LogP contribution in [0.1, 0.15) is 16.7 Å². The summed E-state index contributed by atoms with van der Waals surface area (Å²) in [5.74, 6) is -0.0836. The van der Waals surface area contributed by atoms with Crippen LogP contribution in [0.3, 0.4) is 0 Å². The average molecular weight is 374 g/mol. The van der Waals surface area contributed by atoms with Gasteiger partial charge in [-0.1, -0.05) is 58.0 Å². The zero-order valence-electron chi connectivity index (χ0n) is 11.7. The number of amides is 1. The molecule has 6 heteroatoms. The van der Waals surface area contributed by atoms with Crippen molar-refractivity contribution in [3.05, 3.63) is 63.6 Å². The molecule has 0 radical (unpaired) electrons. The van der Waals surface area contributed by atoms with Gasteiger partial charge in [0.1, 0.15) is 5.04 Å². The first-order valence-corrected chi connectivity index (χ1v) is 8.42. The number of fused-ring (bicyclic) bond motifs is 2. The summed E-state index contributed by atoms with van der Waals surface area (Å²) in [5.41, 5.74) is 6.91. The fourth-order valence-electron chi connectivity index (χ4n) is 2.65. The van der Waals surface area contributed by atoms with E-state index in [1.165, 1.54) is 11.8 Å². The Hall–Kier alpha value is -1.79. The second-order valence-corrected chi connectivity index (χ2v) is 7.34. The number of benzene rings is 2. The lowest BCUT2D eigenvalue weighted by atomic mass is 10.1. The molecule has 0 aromatic heterocycles. The van der Waals surface area contributed by atoms with Crippen molar-refractivity contribution in [2.24, 2.45) is 5.10 Å². The number of anilines is 1. The van der Waals surface area contributed by atoms with Gasteiger partial charge in [0.2, 0.25) is 4.87 Å². The molecule has 110 valence electrons. The number of nitrogens with zero attached hydrogens (tertiary/aromatic N) is 1. The second-order valence-electron chi connectivity index (χ2n) is 5.28. The Bertz CT molecular complexity index is 822. The van der Waals surface area contributed by atoms with Crippen molar-refractivity contribution in [1.82, 2.24) is 5.43 Å². The van der Waals surface area contributed by atoms with Crippen LogP contribution in [0.15, 0.2) is 52.0 Å². The molecule has 4 rings (SSSR count). The maximum absolute atomic E-state index is 12.6. The van der Waals surface area contributed by atoms with Gasteiger partial charge in [0, 0.05) is 21.3 Å². The molecule has 0 aliphatic carbocycles. The Kier molecular flexibility index (Phi) is 3.06. The Morgan fingerprint density at radius 3 is 2.77 bits per heavy atom. The molecule has 0 saturated heterocycles. The smallest absolute Gasteiger partial charge is 0.267 e. The van der Waals surface area contributed by atoms with E-state index in [9.17, 15) is 4.79 Å². The molecule has 22 heavy (non-hydrogen) atoms. The average Bonchev–Trinajstić information content (AvgIpc) is 3.07. The van der Waals surface area contributed by atoms with Crippen molar-refractivity contribution in [3.63, 3.8) is 0 Å². The highest BCUT2D eigenvalue weighted by atomic mass is 79.9. The van der Waals surface area contributed by atoms with Gasteiger partial charge in [0.25, 0.3) is 5.91 Å². The van der Waals surface area contributed by atoms with Crippen LogP contribution in [0.25, 0.3) is 0 Å². The summed E-state index contributed by atoms with van der Waals surface area (Å²) < 4.78 is 0.982. The van der Waals surface area contributed by atoms with Crippen LogP contribution in [0.4, 0.5) is 5.69 Å². The van der Waals surface area contributed by atoms with E-state index in [1.807, 2.05) is 49.4 Å². The van der Waals surface area contributed by atoms with Crippen molar-refractivity contribution >= 4 is 44.3 Å². The van der Waals surface area contributed by atoms with Gasteiger partial charge in [-0.25, -0.2) is 0 Å². The second kappa shape index (κ2) is 4.86. The zero-order chi connectivity index (χ0) is 15.3. The third-order valence-corrected chi connectivity index (χ3v) is 6.01. The molecule has 2 aliphatic heterocycles. The lowest BCUT2D eigenvalue weighted by Crippen LogP contribution is -2.39. The molecule has 0 bridgehead atoms. The summed E-state index contributed by atoms with van der Waals surface area (Å²) in [7, 11) is 0. The molecule has 2 aromatic rings. The van der Waals surface area contributed by atoms with Crippen molar-refractivity contribution < 1.29 is 4.79 Å². The predicted molar refractivity (Wildman–Crippen MR) is 92.9 cm³/mol. The molecule has 1 amide bonds. The molecular weight excluding hydrogens is 362 g/mol. The number of hydrazone groups is 1. The predicted octanol–water partition coefficient (Wildman–Crippen LogP) is 3.56. The van der Waals surface area contributed by atoms with E-state index in [-0.39, 0.29) is 5.91 Å². The van der Waals surface area contributed by atoms with Gasteiger partial charge in [0.05, 0.1) is 0 Å². The Balaban J connectivity index is 1.76. The van der Waals surface area contributed by atoms with Gasteiger partial charge in [-0.3, -0.25) is 10.2 Å². The van der Waals surface area contributed by atoms with Crippen LogP contribution in [-0.4, -0.2) is 11.0 Å². The Labute approximate surface area is 140 Å². The number of hydrogen-bond acceptors (Lipinski definition) is 4. The number of aryl methyl sites for hydroxylation is 1. The Morgan fingerprint density at radius 2 is 2.00 bits per heavy atom. The largest absolute Gasteiger partial charge is 0.322 e. The lowest BCUT2D eigenvalue weighted by Gasteiger charge is -2.20. The fourth-order valence-corrected chi connectivity index (χ4v) is 4.14. The van der Waals surface area contributed by atoms with Gasteiger partial charge < -0.3 is 5.32 Å². The standard InChI is InChI=1S/C16H12BrN3OS/c1-9-7-11-13(8-12(9)17)18-15(21)16(11)20-19-14(22-16)10-5-3-2-4-6-10/h2-8,20H,1H3,(H,18,21)/t16-/m0/s1. The molecule has 2 heterocycles. The minimum Gasteiger partial charge on any atom is -0.322 e. The first kappa shape index (κ1) is 13.8. The lowest BCUT2D eigenvalue weighted by molar-refractivity contribution is -0.118. The minimum absolute atomic E-state index is 0.0836. The highest BCUT2D eigenvalue weighted by molar-refractivity contribution is 9.10. The highest BCUT2D eigenvalue weighted by Crippen LogP contribution is 2.49. The van der Waals surface area contributed by atoms with Crippen LogP contribution < -0.4 is 10.7 Å².